The van der Waals surface area contributed by atoms with E-state index >= 15 is 0 Å². The van der Waals surface area contributed by atoms with E-state index < -0.39 is 12.1 Å². The van der Waals surface area contributed by atoms with Gasteiger partial charge in [-0.25, -0.2) is 9.59 Å². The summed E-state index contributed by atoms with van der Waals surface area (Å²) in [5.41, 5.74) is 0. The third-order valence-electron chi connectivity index (χ3n) is 2.38. The van der Waals surface area contributed by atoms with E-state index in [-0.39, 0.29) is 38.0 Å². The molecule has 0 aromatic heterocycles. The molecule has 2 aliphatic rings. The summed E-state index contributed by atoms with van der Waals surface area (Å²) in [6.45, 7) is 0.473. The van der Waals surface area contributed by atoms with Gasteiger partial charge in [0, 0.05) is 13.1 Å². The zero-order valence-corrected chi connectivity index (χ0v) is 8.36. The molecular formula is C8H10N4O4. The molecule has 86 valence electrons. The van der Waals surface area contributed by atoms with Crippen molar-refractivity contribution in [3.63, 3.8) is 0 Å². The van der Waals surface area contributed by atoms with Crippen LogP contribution in [0.25, 0.3) is 0 Å². The first-order valence-electron chi connectivity index (χ1n) is 4.74. The summed E-state index contributed by atoms with van der Waals surface area (Å²) in [6, 6.07) is -0.924. The number of nitrogens with zero attached hydrogens (tertiary/aromatic N) is 2. The normalized spacial score (nSPS) is 20.5. The van der Waals surface area contributed by atoms with E-state index in [1.165, 1.54) is 9.80 Å². The Balaban J connectivity index is 1.84. The maximum Gasteiger partial charge on any atom is 0.324 e. The Kier molecular flexibility index (Phi) is 2.47. The van der Waals surface area contributed by atoms with Gasteiger partial charge in [0.05, 0.1) is 0 Å². The fourth-order valence-electron chi connectivity index (χ4n) is 1.57. The van der Waals surface area contributed by atoms with Gasteiger partial charge < -0.3 is 9.80 Å². The predicted octanol–water partition coefficient (Wildman–Crippen LogP) is -1.91. The van der Waals surface area contributed by atoms with Crippen LogP contribution in [-0.4, -0.2) is 59.9 Å². The van der Waals surface area contributed by atoms with Crippen molar-refractivity contribution in [2.45, 2.75) is 0 Å². The molecular weight excluding hydrogens is 216 g/mol. The fourth-order valence-corrected chi connectivity index (χ4v) is 1.57. The summed E-state index contributed by atoms with van der Waals surface area (Å²) in [4.78, 5) is 46.6. The first-order chi connectivity index (χ1) is 7.56. The minimum atomic E-state index is -0.462. The van der Waals surface area contributed by atoms with E-state index in [0.29, 0.717) is 0 Å². The molecule has 2 rings (SSSR count). The SMILES string of the molecule is O=C1CN(CCN2CC(=O)NC2=O)C(=O)N1. The average molecular weight is 226 g/mol. The Bertz CT molecular complexity index is 344. The second-order valence-electron chi connectivity index (χ2n) is 3.55. The zero-order valence-electron chi connectivity index (χ0n) is 8.36. The molecule has 8 nitrogen and oxygen atoms in total. The van der Waals surface area contributed by atoms with Gasteiger partial charge in [0.15, 0.2) is 0 Å². The molecule has 0 unspecified atom stereocenters. The molecule has 2 aliphatic heterocycles. The largest absolute Gasteiger partial charge is 0.324 e. The van der Waals surface area contributed by atoms with Crippen LogP contribution in [0.4, 0.5) is 9.59 Å². The first-order valence-corrected chi connectivity index (χ1v) is 4.74. The number of rotatable bonds is 3. The summed E-state index contributed by atoms with van der Waals surface area (Å²) in [7, 11) is 0. The van der Waals surface area contributed by atoms with Gasteiger partial charge >= 0.3 is 12.1 Å². The van der Waals surface area contributed by atoms with Crippen LogP contribution in [0.15, 0.2) is 0 Å². The van der Waals surface area contributed by atoms with Crippen LogP contribution in [0.5, 0.6) is 0 Å². The number of amides is 6. The molecule has 0 atom stereocenters. The minimum absolute atomic E-state index is 0.00222. The van der Waals surface area contributed by atoms with Crippen molar-refractivity contribution in [1.29, 1.82) is 0 Å². The van der Waals surface area contributed by atoms with Crippen molar-refractivity contribution < 1.29 is 19.2 Å². The highest BCUT2D eigenvalue weighted by molar-refractivity contribution is 6.02. The average Bonchev–Trinajstić information content (AvgIpc) is 2.66. The summed E-state index contributed by atoms with van der Waals surface area (Å²) >= 11 is 0. The molecule has 2 fully saturated rings. The molecule has 0 spiro atoms. The topological polar surface area (TPSA) is 98.8 Å². The van der Waals surface area contributed by atoms with Gasteiger partial charge in [-0.15, -0.1) is 0 Å². The van der Waals surface area contributed by atoms with E-state index in [9.17, 15) is 19.2 Å². The van der Waals surface area contributed by atoms with Crippen LogP contribution in [0.2, 0.25) is 0 Å². The molecule has 0 aliphatic carbocycles. The zero-order chi connectivity index (χ0) is 11.7. The number of carbonyl (C=O) groups is 4. The molecule has 8 heteroatoms. The van der Waals surface area contributed by atoms with Crippen molar-refractivity contribution in [3.05, 3.63) is 0 Å². The van der Waals surface area contributed by atoms with Crippen molar-refractivity contribution in [1.82, 2.24) is 20.4 Å². The van der Waals surface area contributed by atoms with Crippen LogP contribution < -0.4 is 10.6 Å². The van der Waals surface area contributed by atoms with Crippen molar-refractivity contribution in [2.75, 3.05) is 26.2 Å². The van der Waals surface area contributed by atoms with Crippen LogP contribution in [-0.2, 0) is 9.59 Å². The first kappa shape index (κ1) is 10.4. The van der Waals surface area contributed by atoms with Crippen LogP contribution in [0.3, 0.4) is 0 Å². The predicted molar refractivity (Wildman–Crippen MR) is 50.2 cm³/mol. The van der Waals surface area contributed by atoms with E-state index in [0.717, 1.165) is 0 Å². The lowest BCUT2D eigenvalue weighted by atomic mass is 10.4. The third-order valence-corrected chi connectivity index (χ3v) is 2.38. The second kappa shape index (κ2) is 3.80. The smallest absolute Gasteiger partial charge is 0.313 e. The molecule has 2 heterocycles. The highest BCUT2D eigenvalue weighted by Gasteiger charge is 2.30. The lowest BCUT2D eigenvalue weighted by molar-refractivity contribution is -0.119. The second-order valence-corrected chi connectivity index (χ2v) is 3.55. The minimum Gasteiger partial charge on any atom is -0.313 e. The fraction of sp³-hybridized carbons (Fsp3) is 0.500. The van der Waals surface area contributed by atoms with E-state index in [4.69, 9.17) is 0 Å². The van der Waals surface area contributed by atoms with Gasteiger partial charge in [0.2, 0.25) is 11.8 Å². The molecule has 0 bridgehead atoms. The van der Waals surface area contributed by atoms with E-state index in [1.54, 1.807) is 0 Å². The van der Waals surface area contributed by atoms with Gasteiger partial charge in [-0.1, -0.05) is 0 Å². The van der Waals surface area contributed by atoms with Crippen LogP contribution in [0.1, 0.15) is 0 Å². The summed E-state index contributed by atoms with van der Waals surface area (Å²) in [5, 5.41) is 4.25. The molecule has 0 saturated carbocycles. The quantitative estimate of drug-likeness (QED) is 0.548. The maximum absolute atomic E-state index is 11.1. The number of carbonyl (C=O) groups excluding carboxylic acids is 4. The Morgan fingerprint density at radius 2 is 1.19 bits per heavy atom. The number of hydrogen-bond donors (Lipinski definition) is 2. The highest BCUT2D eigenvalue weighted by atomic mass is 16.2. The van der Waals surface area contributed by atoms with Gasteiger partial charge in [0.25, 0.3) is 0 Å². The van der Waals surface area contributed by atoms with Crippen LogP contribution >= 0.6 is 0 Å². The Morgan fingerprint density at radius 1 is 0.812 bits per heavy atom. The highest BCUT2D eigenvalue weighted by Crippen LogP contribution is 2.01. The summed E-state index contributed by atoms with van der Waals surface area (Å²) < 4.78 is 0. The Morgan fingerprint density at radius 3 is 1.44 bits per heavy atom. The van der Waals surface area contributed by atoms with Crippen molar-refractivity contribution in [2.24, 2.45) is 0 Å². The van der Waals surface area contributed by atoms with E-state index in [1.807, 2.05) is 0 Å². The molecule has 0 aromatic carbocycles. The number of urea groups is 2. The molecule has 2 N–H and O–H groups in total. The summed E-state index contributed by atoms with van der Waals surface area (Å²) in [5.74, 6) is -0.709. The number of imide groups is 2. The van der Waals surface area contributed by atoms with Crippen molar-refractivity contribution in [3.8, 4) is 0 Å². The monoisotopic (exact) mass is 226 g/mol. The molecule has 2 saturated heterocycles. The Labute approximate surface area is 90.5 Å². The Hall–Kier alpha value is -2.12. The number of nitrogens with one attached hydrogen (secondary N) is 2. The van der Waals surface area contributed by atoms with Gasteiger partial charge in [0.1, 0.15) is 13.1 Å². The number of hydrogen-bond acceptors (Lipinski definition) is 4. The van der Waals surface area contributed by atoms with Gasteiger partial charge in [-0.3, -0.25) is 20.2 Å². The third kappa shape index (κ3) is 1.95. The maximum atomic E-state index is 11.1. The standard InChI is InChI=1S/C8H10N4O4/c13-5-3-11(7(15)9-5)1-2-12-4-6(14)10-8(12)16/h1-4H2,(H,9,13,15)(H,10,14,16). The molecule has 16 heavy (non-hydrogen) atoms. The van der Waals surface area contributed by atoms with Crippen molar-refractivity contribution >= 4 is 23.9 Å². The van der Waals surface area contributed by atoms with Gasteiger partial charge in [-0.2, -0.15) is 0 Å². The van der Waals surface area contributed by atoms with E-state index in [2.05, 4.69) is 10.6 Å². The molecule has 6 amide bonds. The lowest BCUT2D eigenvalue weighted by Crippen LogP contribution is -2.38. The van der Waals surface area contributed by atoms with Gasteiger partial charge in [-0.05, 0) is 0 Å². The summed E-state index contributed by atoms with van der Waals surface area (Å²) in [6.07, 6.45) is 0. The van der Waals surface area contributed by atoms with Crippen LogP contribution in [0, 0.1) is 0 Å². The molecule has 0 aromatic rings. The lowest BCUT2D eigenvalue weighted by Gasteiger charge is -2.17. The molecule has 0 radical (unpaired) electrons.